The number of nitrogens with one attached hydrogen (secondary N) is 1. The molecule has 1 aliphatic rings. The van der Waals surface area contributed by atoms with Crippen LogP contribution in [0.5, 0.6) is 0 Å². The predicted molar refractivity (Wildman–Crippen MR) is 62.6 cm³/mol. The highest BCUT2D eigenvalue weighted by Gasteiger charge is 2.13. The standard InChI is InChI=1S/C12H24N2/c1-3-4-5-10-14(2)11-8-12-7-6-9-13-12/h3,12-13H,1,4-11H2,2H3. The Morgan fingerprint density at radius 1 is 1.50 bits per heavy atom. The zero-order valence-corrected chi connectivity index (χ0v) is 9.47. The van der Waals surface area contributed by atoms with Gasteiger partial charge in [-0.1, -0.05) is 6.08 Å². The SMILES string of the molecule is C=CCCCN(C)CCC1CCCN1. The van der Waals surface area contributed by atoms with Gasteiger partial charge in [-0.15, -0.1) is 6.58 Å². The maximum Gasteiger partial charge on any atom is 0.00797 e. The highest BCUT2D eigenvalue weighted by molar-refractivity contribution is 4.75. The molecular formula is C12H24N2. The molecule has 14 heavy (non-hydrogen) atoms. The Morgan fingerprint density at radius 2 is 2.36 bits per heavy atom. The lowest BCUT2D eigenvalue weighted by molar-refractivity contribution is 0.310. The van der Waals surface area contributed by atoms with Crippen LogP contribution in [0.15, 0.2) is 12.7 Å². The van der Waals surface area contributed by atoms with Crippen LogP contribution in [-0.2, 0) is 0 Å². The molecule has 0 spiro atoms. The van der Waals surface area contributed by atoms with Gasteiger partial charge in [0.15, 0.2) is 0 Å². The first-order valence-electron chi connectivity index (χ1n) is 5.85. The molecule has 2 nitrogen and oxygen atoms in total. The van der Waals surface area contributed by atoms with E-state index >= 15 is 0 Å². The Labute approximate surface area is 88.4 Å². The Bertz CT molecular complexity index is 150. The van der Waals surface area contributed by atoms with Crippen LogP contribution in [0.2, 0.25) is 0 Å². The van der Waals surface area contributed by atoms with Crippen molar-refractivity contribution in [1.82, 2.24) is 10.2 Å². The first-order chi connectivity index (χ1) is 6.83. The molecule has 0 aliphatic carbocycles. The van der Waals surface area contributed by atoms with Crippen LogP contribution in [0.1, 0.15) is 32.1 Å². The summed E-state index contributed by atoms with van der Waals surface area (Å²) in [5, 5.41) is 3.54. The second-order valence-corrected chi connectivity index (χ2v) is 4.32. The summed E-state index contributed by atoms with van der Waals surface area (Å²) in [7, 11) is 2.22. The summed E-state index contributed by atoms with van der Waals surface area (Å²) < 4.78 is 0. The second kappa shape index (κ2) is 7.02. The Balaban J connectivity index is 1.96. The third-order valence-electron chi connectivity index (χ3n) is 2.97. The van der Waals surface area contributed by atoms with Crippen LogP contribution in [-0.4, -0.2) is 37.6 Å². The highest BCUT2D eigenvalue weighted by Crippen LogP contribution is 2.09. The third kappa shape index (κ3) is 4.77. The van der Waals surface area contributed by atoms with Gasteiger partial charge in [0.05, 0.1) is 0 Å². The van der Waals surface area contributed by atoms with Crippen molar-refractivity contribution >= 4 is 0 Å². The van der Waals surface area contributed by atoms with Crippen LogP contribution in [0.25, 0.3) is 0 Å². The molecular weight excluding hydrogens is 172 g/mol. The van der Waals surface area contributed by atoms with Crippen molar-refractivity contribution in [2.24, 2.45) is 0 Å². The van der Waals surface area contributed by atoms with E-state index in [0.29, 0.717) is 0 Å². The molecule has 1 unspecified atom stereocenters. The van der Waals surface area contributed by atoms with Gasteiger partial charge in [-0.25, -0.2) is 0 Å². The van der Waals surface area contributed by atoms with E-state index in [2.05, 4.69) is 23.8 Å². The first-order valence-corrected chi connectivity index (χ1v) is 5.85. The first kappa shape index (κ1) is 11.7. The second-order valence-electron chi connectivity index (χ2n) is 4.32. The highest BCUT2D eigenvalue weighted by atomic mass is 15.1. The van der Waals surface area contributed by atoms with Crippen molar-refractivity contribution in [3.05, 3.63) is 12.7 Å². The number of nitrogens with zero attached hydrogens (tertiary/aromatic N) is 1. The van der Waals surface area contributed by atoms with Gasteiger partial charge in [0.2, 0.25) is 0 Å². The van der Waals surface area contributed by atoms with Crippen molar-refractivity contribution in [2.75, 3.05) is 26.7 Å². The molecule has 1 atom stereocenters. The van der Waals surface area contributed by atoms with E-state index in [4.69, 9.17) is 0 Å². The fourth-order valence-electron chi connectivity index (χ4n) is 2.00. The van der Waals surface area contributed by atoms with Crippen LogP contribution >= 0.6 is 0 Å². The fourth-order valence-corrected chi connectivity index (χ4v) is 2.00. The van der Waals surface area contributed by atoms with Gasteiger partial charge < -0.3 is 10.2 Å². The molecule has 0 bridgehead atoms. The van der Waals surface area contributed by atoms with Gasteiger partial charge in [-0.05, 0) is 58.8 Å². The molecule has 2 heteroatoms. The monoisotopic (exact) mass is 196 g/mol. The van der Waals surface area contributed by atoms with Crippen LogP contribution in [0, 0.1) is 0 Å². The van der Waals surface area contributed by atoms with Crippen LogP contribution in [0.4, 0.5) is 0 Å². The summed E-state index contributed by atoms with van der Waals surface area (Å²) in [4.78, 5) is 2.43. The Hall–Kier alpha value is -0.340. The van der Waals surface area contributed by atoms with E-state index < -0.39 is 0 Å². The zero-order chi connectivity index (χ0) is 10.2. The summed E-state index contributed by atoms with van der Waals surface area (Å²) in [6.45, 7) is 7.40. The van der Waals surface area contributed by atoms with E-state index in [1.165, 1.54) is 45.3 Å². The minimum Gasteiger partial charge on any atom is -0.314 e. The normalized spacial score (nSPS) is 21.7. The third-order valence-corrected chi connectivity index (χ3v) is 2.97. The molecule has 0 aromatic carbocycles. The van der Waals surface area contributed by atoms with E-state index in [1.807, 2.05) is 6.08 Å². The predicted octanol–water partition coefficient (Wildman–Crippen LogP) is 2.03. The molecule has 0 amide bonds. The maximum absolute atomic E-state index is 3.74. The van der Waals surface area contributed by atoms with Crippen LogP contribution in [0.3, 0.4) is 0 Å². The van der Waals surface area contributed by atoms with Gasteiger partial charge in [0, 0.05) is 6.04 Å². The van der Waals surface area contributed by atoms with E-state index in [-0.39, 0.29) is 0 Å². The Kier molecular flexibility index (Phi) is 5.88. The summed E-state index contributed by atoms with van der Waals surface area (Å²) in [5.74, 6) is 0. The van der Waals surface area contributed by atoms with Crippen molar-refractivity contribution in [3.8, 4) is 0 Å². The fraction of sp³-hybridized carbons (Fsp3) is 0.833. The lowest BCUT2D eigenvalue weighted by atomic mass is 10.1. The van der Waals surface area contributed by atoms with E-state index in [9.17, 15) is 0 Å². The molecule has 1 fully saturated rings. The number of unbranched alkanes of at least 4 members (excludes halogenated alkanes) is 1. The summed E-state index contributed by atoms with van der Waals surface area (Å²) in [5.41, 5.74) is 0. The quantitative estimate of drug-likeness (QED) is 0.495. The zero-order valence-electron chi connectivity index (χ0n) is 9.47. The average molecular weight is 196 g/mol. The molecule has 1 N–H and O–H groups in total. The minimum atomic E-state index is 0.789. The molecule has 1 heterocycles. The number of allylic oxidation sites excluding steroid dienone is 1. The Morgan fingerprint density at radius 3 is 3.00 bits per heavy atom. The van der Waals surface area contributed by atoms with Gasteiger partial charge in [0.25, 0.3) is 0 Å². The van der Waals surface area contributed by atoms with Crippen LogP contribution < -0.4 is 5.32 Å². The number of hydrogen-bond donors (Lipinski definition) is 1. The van der Waals surface area contributed by atoms with Gasteiger partial charge in [-0.3, -0.25) is 0 Å². The smallest absolute Gasteiger partial charge is 0.00797 e. The molecule has 0 saturated carbocycles. The minimum absolute atomic E-state index is 0.789. The number of hydrogen-bond acceptors (Lipinski definition) is 2. The molecule has 82 valence electrons. The van der Waals surface area contributed by atoms with Gasteiger partial charge in [-0.2, -0.15) is 0 Å². The molecule has 0 radical (unpaired) electrons. The van der Waals surface area contributed by atoms with E-state index in [0.717, 1.165) is 12.5 Å². The number of rotatable bonds is 7. The molecule has 1 saturated heterocycles. The van der Waals surface area contributed by atoms with Crippen molar-refractivity contribution in [3.63, 3.8) is 0 Å². The molecule has 0 aromatic heterocycles. The van der Waals surface area contributed by atoms with Crippen molar-refractivity contribution in [2.45, 2.75) is 38.1 Å². The molecule has 1 aliphatic heterocycles. The molecule has 1 rings (SSSR count). The van der Waals surface area contributed by atoms with Crippen molar-refractivity contribution in [1.29, 1.82) is 0 Å². The summed E-state index contributed by atoms with van der Waals surface area (Å²) in [6, 6.07) is 0.789. The summed E-state index contributed by atoms with van der Waals surface area (Å²) >= 11 is 0. The van der Waals surface area contributed by atoms with Gasteiger partial charge in [0.1, 0.15) is 0 Å². The summed E-state index contributed by atoms with van der Waals surface area (Å²) in [6.07, 6.45) is 8.45. The maximum atomic E-state index is 3.74. The molecule has 0 aromatic rings. The largest absolute Gasteiger partial charge is 0.314 e. The average Bonchev–Trinajstić information content (AvgIpc) is 2.68. The topological polar surface area (TPSA) is 15.3 Å². The lowest BCUT2D eigenvalue weighted by Gasteiger charge is -2.18. The van der Waals surface area contributed by atoms with Crippen molar-refractivity contribution < 1.29 is 0 Å². The van der Waals surface area contributed by atoms with E-state index in [1.54, 1.807) is 0 Å². The lowest BCUT2D eigenvalue weighted by Crippen LogP contribution is -2.28. The van der Waals surface area contributed by atoms with Gasteiger partial charge >= 0.3 is 0 Å².